The van der Waals surface area contributed by atoms with Crippen molar-refractivity contribution in [1.82, 2.24) is 19.8 Å². The van der Waals surface area contributed by atoms with E-state index in [0.29, 0.717) is 21.3 Å². The molecule has 1 amide bonds. The van der Waals surface area contributed by atoms with Crippen LogP contribution in [-0.2, 0) is 4.79 Å². The van der Waals surface area contributed by atoms with Crippen molar-refractivity contribution in [3.63, 3.8) is 0 Å². The molecule has 0 saturated heterocycles. The molecule has 0 atom stereocenters. The van der Waals surface area contributed by atoms with E-state index in [2.05, 4.69) is 20.6 Å². The van der Waals surface area contributed by atoms with Crippen molar-refractivity contribution >= 4 is 57.2 Å². The summed E-state index contributed by atoms with van der Waals surface area (Å²) in [4.78, 5) is 13.1. The van der Waals surface area contributed by atoms with Crippen molar-refractivity contribution in [2.24, 2.45) is 0 Å². The number of benzene rings is 2. The van der Waals surface area contributed by atoms with E-state index in [-0.39, 0.29) is 5.91 Å². The number of rotatable bonds is 4. The van der Waals surface area contributed by atoms with Crippen molar-refractivity contribution in [2.75, 3.05) is 5.32 Å². The van der Waals surface area contributed by atoms with E-state index in [1.54, 1.807) is 28.8 Å². The van der Waals surface area contributed by atoms with Gasteiger partial charge in [0.1, 0.15) is 5.01 Å². The zero-order chi connectivity index (χ0) is 20.5. The predicted octanol–water partition coefficient (Wildman–Crippen LogP) is 5.43. The van der Waals surface area contributed by atoms with Crippen molar-refractivity contribution in [3.05, 3.63) is 69.5 Å². The molecule has 0 radical (unpaired) electrons. The lowest BCUT2D eigenvalue weighted by molar-refractivity contribution is -0.111. The summed E-state index contributed by atoms with van der Waals surface area (Å²) in [6.07, 6.45) is 3.09. The fourth-order valence-corrected chi connectivity index (χ4v) is 4.05. The Morgan fingerprint density at radius 1 is 1.14 bits per heavy atom. The highest BCUT2D eigenvalue weighted by Gasteiger charge is 2.12. The van der Waals surface area contributed by atoms with Crippen LogP contribution >= 0.6 is 34.5 Å². The number of fused-ring (bicyclic) bond motifs is 1. The number of aryl methyl sites for hydroxylation is 2. The number of nitrogens with one attached hydrogen (secondary N) is 1. The van der Waals surface area contributed by atoms with Gasteiger partial charge in [0.15, 0.2) is 5.82 Å². The zero-order valence-corrected chi connectivity index (χ0v) is 17.8. The number of aromatic nitrogens is 4. The summed E-state index contributed by atoms with van der Waals surface area (Å²) in [7, 11) is 0. The molecule has 2 aromatic heterocycles. The summed E-state index contributed by atoms with van der Waals surface area (Å²) in [6.45, 7) is 3.78. The molecule has 2 heterocycles. The van der Waals surface area contributed by atoms with Crippen molar-refractivity contribution < 1.29 is 4.79 Å². The first-order valence-electron chi connectivity index (χ1n) is 8.65. The molecule has 9 heteroatoms. The van der Waals surface area contributed by atoms with Gasteiger partial charge < -0.3 is 5.32 Å². The minimum Gasteiger partial charge on any atom is -0.322 e. The summed E-state index contributed by atoms with van der Waals surface area (Å²) in [5, 5.41) is 17.4. The van der Waals surface area contributed by atoms with Crippen LogP contribution in [0.4, 0.5) is 5.69 Å². The Balaban J connectivity index is 1.55. The quantitative estimate of drug-likeness (QED) is 0.426. The monoisotopic (exact) mass is 443 g/mol. The highest BCUT2D eigenvalue weighted by atomic mass is 35.5. The number of carbonyl (C=O) groups excluding carboxylic acids is 1. The molecule has 4 rings (SSSR count). The molecule has 2 aromatic carbocycles. The van der Waals surface area contributed by atoms with Crippen molar-refractivity contribution in [2.45, 2.75) is 13.8 Å². The van der Waals surface area contributed by atoms with Crippen molar-refractivity contribution in [3.8, 4) is 10.6 Å². The van der Waals surface area contributed by atoms with Gasteiger partial charge in [0, 0.05) is 27.4 Å². The molecule has 146 valence electrons. The highest BCUT2D eigenvalue weighted by Crippen LogP contribution is 2.29. The summed E-state index contributed by atoms with van der Waals surface area (Å²) in [5.41, 5.74) is 3.26. The third-order valence-electron chi connectivity index (χ3n) is 4.27. The van der Waals surface area contributed by atoms with Crippen LogP contribution in [0, 0.1) is 13.8 Å². The van der Waals surface area contributed by atoms with Gasteiger partial charge in [-0.1, -0.05) is 52.7 Å². The third-order valence-corrected chi connectivity index (χ3v) is 5.78. The molecule has 0 aliphatic rings. The second-order valence-electron chi connectivity index (χ2n) is 6.37. The molecule has 6 nitrogen and oxygen atoms in total. The SMILES string of the molecule is Cc1ccc(-c2nn3c(C)nnc3s2)cc1NC(=O)/C=C/c1ccc(Cl)cc1Cl. The van der Waals surface area contributed by atoms with Crippen LogP contribution in [0.1, 0.15) is 17.0 Å². The van der Waals surface area contributed by atoms with Gasteiger partial charge in [0.2, 0.25) is 10.9 Å². The molecule has 0 saturated carbocycles. The van der Waals surface area contributed by atoms with Gasteiger partial charge in [0.25, 0.3) is 0 Å². The molecule has 0 fully saturated rings. The lowest BCUT2D eigenvalue weighted by atomic mass is 10.1. The van der Waals surface area contributed by atoms with Gasteiger partial charge in [-0.05, 0) is 49.2 Å². The average Bonchev–Trinajstić information content (AvgIpc) is 3.25. The third kappa shape index (κ3) is 4.17. The largest absolute Gasteiger partial charge is 0.322 e. The lowest BCUT2D eigenvalue weighted by Gasteiger charge is -2.08. The number of carbonyl (C=O) groups is 1. The molecular weight excluding hydrogens is 429 g/mol. The van der Waals surface area contributed by atoms with E-state index in [1.165, 1.54) is 17.4 Å². The van der Waals surface area contributed by atoms with Crippen LogP contribution in [-0.4, -0.2) is 25.7 Å². The maximum absolute atomic E-state index is 12.4. The summed E-state index contributed by atoms with van der Waals surface area (Å²) in [5.74, 6) is 0.472. The van der Waals surface area contributed by atoms with Crippen LogP contribution in [0.2, 0.25) is 10.0 Å². The standard InChI is InChI=1S/C20H15Cl2N5OS/c1-11-3-4-14(19-26-27-12(2)24-25-20(27)29-19)9-17(11)23-18(28)8-6-13-5-7-15(21)10-16(13)22/h3-10H,1-2H3,(H,23,28)/b8-6+. The molecule has 0 spiro atoms. The Bertz CT molecular complexity index is 1260. The molecule has 0 aliphatic heterocycles. The summed E-state index contributed by atoms with van der Waals surface area (Å²) >= 11 is 13.5. The Kier molecular flexibility index (Phi) is 5.36. The number of halogens is 2. The average molecular weight is 444 g/mol. The Labute approximate surface area is 180 Å². The molecule has 1 N–H and O–H groups in total. The van der Waals surface area contributed by atoms with Crippen LogP contribution in [0.5, 0.6) is 0 Å². The van der Waals surface area contributed by atoms with E-state index in [0.717, 1.165) is 26.9 Å². The molecule has 0 bridgehead atoms. The number of anilines is 1. The smallest absolute Gasteiger partial charge is 0.248 e. The van der Waals surface area contributed by atoms with Crippen LogP contribution in [0.3, 0.4) is 0 Å². The van der Waals surface area contributed by atoms with Gasteiger partial charge >= 0.3 is 0 Å². The van der Waals surface area contributed by atoms with E-state index < -0.39 is 0 Å². The molecule has 4 aromatic rings. The number of hydrogen-bond acceptors (Lipinski definition) is 5. The number of hydrogen-bond donors (Lipinski definition) is 1. The van der Waals surface area contributed by atoms with Gasteiger partial charge in [0.05, 0.1) is 0 Å². The zero-order valence-electron chi connectivity index (χ0n) is 15.5. The first-order valence-corrected chi connectivity index (χ1v) is 10.2. The lowest BCUT2D eigenvalue weighted by Crippen LogP contribution is -2.09. The highest BCUT2D eigenvalue weighted by molar-refractivity contribution is 7.19. The fourth-order valence-electron chi connectivity index (χ4n) is 2.70. The van der Waals surface area contributed by atoms with Crippen LogP contribution in [0.15, 0.2) is 42.5 Å². The molecular formula is C20H15Cl2N5OS. The Hall–Kier alpha value is -2.74. The second-order valence-corrected chi connectivity index (χ2v) is 8.17. The first kappa shape index (κ1) is 19.6. The van der Waals surface area contributed by atoms with E-state index in [1.807, 2.05) is 32.0 Å². The van der Waals surface area contributed by atoms with E-state index >= 15 is 0 Å². The molecule has 0 unspecified atom stereocenters. The molecule has 29 heavy (non-hydrogen) atoms. The second kappa shape index (κ2) is 7.94. The Morgan fingerprint density at radius 3 is 2.72 bits per heavy atom. The fraction of sp³-hybridized carbons (Fsp3) is 0.100. The predicted molar refractivity (Wildman–Crippen MR) is 118 cm³/mol. The number of amides is 1. The van der Waals surface area contributed by atoms with Crippen LogP contribution in [0.25, 0.3) is 21.6 Å². The number of nitrogens with zero attached hydrogens (tertiary/aromatic N) is 4. The van der Waals surface area contributed by atoms with Gasteiger partial charge in [-0.15, -0.1) is 10.2 Å². The molecule has 0 aliphatic carbocycles. The Morgan fingerprint density at radius 2 is 1.97 bits per heavy atom. The van der Waals surface area contributed by atoms with Gasteiger partial charge in [-0.2, -0.15) is 9.61 Å². The summed E-state index contributed by atoms with van der Waals surface area (Å²) in [6, 6.07) is 10.9. The van der Waals surface area contributed by atoms with Gasteiger partial charge in [-0.25, -0.2) is 0 Å². The van der Waals surface area contributed by atoms with Crippen LogP contribution < -0.4 is 5.32 Å². The topological polar surface area (TPSA) is 72.2 Å². The first-order chi connectivity index (χ1) is 13.9. The minimum absolute atomic E-state index is 0.259. The van der Waals surface area contributed by atoms with E-state index in [4.69, 9.17) is 23.2 Å². The van der Waals surface area contributed by atoms with E-state index in [9.17, 15) is 4.79 Å². The van der Waals surface area contributed by atoms with Gasteiger partial charge in [-0.3, -0.25) is 4.79 Å². The minimum atomic E-state index is -0.259. The normalized spacial score (nSPS) is 11.4. The van der Waals surface area contributed by atoms with Crippen molar-refractivity contribution in [1.29, 1.82) is 0 Å². The maximum Gasteiger partial charge on any atom is 0.248 e. The maximum atomic E-state index is 12.4. The summed E-state index contributed by atoms with van der Waals surface area (Å²) < 4.78 is 1.71.